The Morgan fingerprint density at radius 3 is 1.50 bits per heavy atom. The molecule has 88 valence electrons. The second-order valence-corrected chi connectivity index (χ2v) is 4.65. The molecule has 0 nitrogen and oxygen atoms in total. The lowest BCUT2D eigenvalue weighted by Gasteiger charge is -2.22. The van der Waals surface area contributed by atoms with Crippen molar-refractivity contribution in [3.05, 3.63) is 96.1 Å². The summed E-state index contributed by atoms with van der Waals surface area (Å²) in [7, 11) is 0. The van der Waals surface area contributed by atoms with Crippen LogP contribution >= 0.6 is 0 Å². The van der Waals surface area contributed by atoms with Crippen molar-refractivity contribution >= 4 is 0 Å². The van der Waals surface area contributed by atoms with Crippen LogP contribution in [0, 0.1) is 5.92 Å². The minimum Gasteiger partial charge on any atom is -0.0767 e. The van der Waals surface area contributed by atoms with Crippen molar-refractivity contribution in [1.29, 1.82) is 0 Å². The first-order valence-electron chi connectivity index (χ1n) is 6.40. The molecule has 0 atom stereocenters. The van der Waals surface area contributed by atoms with E-state index in [0.29, 0.717) is 11.8 Å². The average molecular weight is 232 g/mol. The van der Waals surface area contributed by atoms with Crippen molar-refractivity contribution in [3.63, 3.8) is 0 Å². The second kappa shape index (κ2) is 5.05. The molecular formula is C18H16. The van der Waals surface area contributed by atoms with E-state index < -0.39 is 0 Å². The van der Waals surface area contributed by atoms with Gasteiger partial charge in [-0.3, -0.25) is 0 Å². The zero-order chi connectivity index (χ0) is 12.2. The smallest absolute Gasteiger partial charge is 0.0187 e. The Morgan fingerprint density at radius 1 is 0.611 bits per heavy atom. The summed E-state index contributed by atoms with van der Waals surface area (Å²) in [5.74, 6) is 0.886. The van der Waals surface area contributed by atoms with Crippen molar-refractivity contribution < 1.29 is 0 Å². The zero-order valence-electron chi connectivity index (χ0n) is 10.2. The van der Waals surface area contributed by atoms with Crippen LogP contribution in [0.25, 0.3) is 0 Å². The van der Waals surface area contributed by atoms with Gasteiger partial charge < -0.3 is 0 Å². The van der Waals surface area contributed by atoms with E-state index in [9.17, 15) is 0 Å². The van der Waals surface area contributed by atoms with Crippen molar-refractivity contribution in [1.82, 2.24) is 0 Å². The Bertz CT molecular complexity index is 498. The molecule has 0 spiro atoms. The molecule has 2 aromatic rings. The molecule has 0 N–H and O–H groups in total. The Labute approximate surface area is 108 Å². The molecule has 0 radical (unpaired) electrons. The number of allylic oxidation sites excluding steroid dienone is 4. The molecule has 0 saturated heterocycles. The lowest BCUT2D eigenvalue weighted by Crippen LogP contribution is -2.09. The molecular weight excluding hydrogens is 216 g/mol. The van der Waals surface area contributed by atoms with E-state index >= 15 is 0 Å². The largest absolute Gasteiger partial charge is 0.0767 e. The van der Waals surface area contributed by atoms with Crippen LogP contribution in [0.3, 0.4) is 0 Å². The minimum absolute atomic E-state index is 0.419. The first kappa shape index (κ1) is 11.0. The highest BCUT2D eigenvalue weighted by Gasteiger charge is 2.21. The predicted molar refractivity (Wildman–Crippen MR) is 76.5 cm³/mol. The molecule has 0 heteroatoms. The maximum Gasteiger partial charge on any atom is 0.0187 e. The van der Waals surface area contributed by atoms with Crippen LogP contribution in [0.1, 0.15) is 17.0 Å². The molecule has 0 amide bonds. The molecule has 3 rings (SSSR count). The van der Waals surface area contributed by atoms with Crippen molar-refractivity contribution in [3.8, 4) is 0 Å². The first-order valence-corrected chi connectivity index (χ1v) is 6.40. The summed E-state index contributed by atoms with van der Waals surface area (Å²) >= 11 is 0. The van der Waals surface area contributed by atoms with E-state index in [1.165, 1.54) is 11.1 Å². The van der Waals surface area contributed by atoms with Crippen molar-refractivity contribution in [2.75, 3.05) is 0 Å². The van der Waals surface area contributed by atoms with Gasteiger partial charge in [0.1, 0.15) is 0 Å². The summed E-state index contributed by atoms with van der Waals surface area (Å²) in [5.41, 5.74) is 2.76. The molecule has 0 aromatic heterocycles. The van der Waals surface area contributed by atoms with E-state index in [0.717, 1.165) is 0 Å². The third kappa shape index (κ3) is 2.14. The molecule has 0 heterocycles. The third-order valence-electron chi connectivity index (χ3n) is 3.48. The molecule has 0 saturated carbocycles. The van der Waals surface area contributed by atoms with Crippen molar-refractivity contribution in [2.24, 2.45) is 5.92 Å². The minimum atomic E-state index is 0.419. The van der Waals surface area contributed by atoms with Gasteiger partial charge >= 0.3 is 0 Å². The van der Waals surface area contributed by atoms with Gasteiger partial charge in [-0.15, -0.1) is 0 Å². The average Bonchev–Trinajstić information content (AvgIpc) is 2.95. The van der Waals surface area contributed by atoms with Gasteiger partial charge in [0.15, 0.2) is 0 Å². The van der Waals surface area contributed by atoms with Crippen LogP contribution in [0.15, 0.2) is 85.0 Å². The Morgan fingerprint density at radius 2 is 1.06 bits per heavy atom. The van der Waals surface area contributed by atoms with Crippen LogP contribution in [0.2, 0.25) is 0 Å². The van der Waals surface area contributed by atoms with E-state index in [4.69, 9.17) is 0 Å². The van der Waals surface area contributed by atoms with Crippen LogP contribution in [-0.4, -0.2) is 0 Å². The molecule has 0 bridgehead atoms. The van der Waals surface area contributed by atoms with Gasteiger partial charge in [0.05, 0.1) is 0 Å². The number of rotatable bonds is 3. The summed E-state index contributed by atoms with van der Waals surface area (Å²) in [6, 6.07) is 21.5. The normalized spacial score (nSPS) is 14.5. The van der Waals surface area contributed by atoms with E-state index in [2.05, 4.69) is 85.0 Å². The highest BCUT2D eigenvalue weighted by molar-refractivity contribution is 5.38. The quantitative estimate of drug-likeness (QED) is 0.727. The summed E-state index contributed by atoms with van der Waals surface area (Å²) in [6.07, 6.45) is 8.85. The summed E-state index contributed by atoms with van der Waals surface area (Å²) in [5, 5.41) is 0. The van der Waals surface area contributed by atoms with Crippen LogP contribution in [0.5, 0.6) is 0 Å². The van der Waals surface area contributed by atoms with Crippen LogP contribution < -0.4 is 0 Å². The van der Waals surface area contributed by atoms with Gasteiger partial charge in [-0.05, 0) is 11.1 Å². The topological polar surface area (TPSA) is 0 Å². The molecule has 0 fully saturated rings. The number of benzene rings is 2. The van der Waals surface area contributed by atoms with E-state index in [-0.39, 0.29) is 0 Å². The van der Waals surface area contributed by atoms with Gasteiger partial charge in [0.2, 0.25) is 0 Å². The van der Waals surface area contributed by atoms with E-state index in [1.807, 2.05) is 0 Å². The third-order valence-corrected chi connectivity index (χ3v) is 3.48. The monoisotopic (exact) mass is 232 g/mol. The second-order valence-electron chi connectivity index (χ2n) is 4.65. The van der Waals surface area contributed by atoms with Gasteiger partial charge in [-0.1, -0.05) is 85.0 Å². The molecule has 18 heavy (non-hydrogen) atoms. The zero-order valence-corrected chi connectivity index (χ0v) is 10.2. The molecule has 1 aliphatic carbocycles. The SMILES string of the molecule is C1=CC(C(c2ccccc2)c2ccccc2)C=C1. The standard InChI is InChI=1S/C18H16/c1-3-9-15(10-4-1)18(17-13-7-8-14-17)16-11-5-2-6-12-16/h1-14,17-18H. The number of hydrogen-bond acceptors (Lipinski definition) is 0. The fourth-order valence-corrected chi connectivity index (χ4v) is 2.63. The first-order chi connectivity index (χ1) is 8.95. The lowest BCUT2D eigenvalue weighted by molar-refractivity contribution is 0.693. The van der Waals surface area contributed by atoms with Crippen LogP contribution in [-0.2, 0) is 0 Å². The fourth-order valence-electron chi connectivity index (χ4n) is 2.63. The Balaban J connectivity index is 2.04. The maximum atomic E-state index is 2.28. The fraction of sp³-hybridized carbons (Fsp3) is 0.111. The summed E-state index contributed by atoms with van der Waals surface area (Å²) in [4.78, 5) is 0. The van der Waals surface area contributed by atoms with Crippen molar-refractivity contribution in [2.45, 2.75) is 5.92 Å². The van der Waals surface area contributed by atoms with Gasteiger partial charge in [0.25, 0.3) is 0 Å². The Kier molecular flexibility index (Phi) is 3.10. The van der Waals surface area contributed by atoms with Gasteiger partial charge in [-0.25, -0.2) is 0 Å². The van der Waals surface area contributed by atoms with Gasteiger partial charge in [0, 0.05) is 11.8 Å². The summed E-state index contributed by atoms with van der Waals surface area (Å²) in [6.45, 7) is 0. The van der Waals surface area contributed by atoms with Crippen LogP contribution in [0.4, 0.5) is 0 Å². The highest BCUT2D eigenvalue weighted by Crippen LogP contribution is 2.35. The highest BCUT2D eigenvalue weighted by atomic mass is 14.2. The van der Waals surface area contributed by atoms with E-state index in [1.54, 1.807) is 0 Å². The lowest BCUT2D eigenvalue weighted by atomic mass is 9.81. The van der Waals surface area contributed by atoms with Gasteiger partial charge in [-0.2, -0.15) is 0 Å². The molecule has 0 unspecified atom stereocenters. The molecule has 2 aromatic carbocycles. The molecule has 1 aliphatic rings. The maximum absolute atomic E-state index is 2.28. The predicted octanol–water partition coefficient (Wildman–Crippen LogP) is 4.56. The number of hydrogen-bond donors (Lipinski definition) is 0. The Hall–Kier alpha value is -2.08. The molecule has 0 aliphatic heterocycles. The summed E-state index contributed by atoms with van der Waals surface area (Å²) < 4.78 is 0.